The molecule has 4 nitrogen and oxygen atoms in total. The standard InChI is InChI=1S/C14H16N2O2S2/c1-10-4-5-11(2)14(8-10)20(17,18)16-15-9-13-7-6-12(3)19-13/h4-9,16H,1-3H3/b15-9-. The number of benzene rings is 1. The van der Waals surface area contributed by atoms with Crippen molar-refractivity contribution in [3.05, 3.63) is 51.2 Å². The van der Waals surface area contributed by atoms with Crippen molar-refractivity contribution in [1.29, 1.82) is 0 Å². The minimum absolute atomic E-state index is 0.261. The molecular formula is C14H16N2O2S2. The van der Waals surface area contributed by atoms with Crippen LogP contribution in [0.5, 0.6) is 0 Å². The lowest BCUT2D eigenvalue weighted by Gasteiger charge is -2.07. The summed E-state index contributed by atoms with van der Waals surface area (Å²) in [4.78, 5) is 4.58. The third-order valence-electron chi connectivity index (χ3n) is 2.76. The first-order valence-electron chi connectivity index (χ1n) is 6.07. The van der Waals surface area contributed by atoms with Crippen LogP contribution in [0.1, 0.15) is 20.9 Å². The van der Waals surface area contributed by atoms with Gasteiger partial charge in [-0.1, -0.05) is 12.1 Å². The van der Waals surface area contributed by atoms with Gasteiger partial charge in [0, 0.05) is 9.75 Å². The molecule has 0 fully saturated rings. The van der Waals surface area contributed by atoms with Gasteiger partial charge in [0.2, 0.25) is 0 Å². The first-order valence-corrected chi connectivity index (χ1v) is 8.37. The Kier molecular flexibility index (Phi) is 4.25. The zero-order valence-electron chi connectivity index (χ0n) is 11.5. The van der Waals surface area contributed by atoms with Gasteiger partial charge in [-0.25, -0.2) is 4.83 Å². The van der Waals surface area contributed by atoms with Crippen LogP contribution in [0.3, 0.4) is 0 Å². The Balaban J connectivity index is 2.19. The fraction of sp³-hybridized carbons (Fsp3) is 0.214. The number of hydrazone groups is 1. The number of hydrogen-bond acceptors (Lipinski definition) is 4. The van der Waals surface area contributed by atoms with E-state index in [0.717, 1.165) is 15.3 Å². The van der Waals surface area contributed by atoms with Gasteiger partial charge < -0.3 is 0 Å². The predicted octanol–water partition coefficient (Wildman–Crippen LogP) is 2.99. The van der Waals surface area contributed by atoms with Crippen molar-refractivity contribution in [2.24, 2.45) is 5.10 Å². The highest BCUT2D eigenvalue weighted by molar-refractivity contribution is 7.89. The van der Waals surface area contributed by atoms with Crippen molar-refractivity contribution in [3.8, 4) is 0 Å². The Hall–Kier alpha value is -1.66. The molecule has 0 saturated heterocycles. The molecule has 0 radical (unpaired) electrons. The molecule has 0 bridgehead atoms. The Morgan fingerprint density at radius 3 is 2.55 bits per heavy atom. The molecule has 106 valence electrons. The van der Waals surface area contributed by atoms with Gasteiger partial charge in [0.25, 0.3) is 10.0 Å². The van der Waals surface area contributed by atoms with Crippen molar-refractivity contribution in [1.82, 2.24) is 4.83 Å². The van der Waals surface area contributed by atoms with Crippen LogP contribution in [0, 0.1) is 20.8 Å². The molecule has 0 amide bonds. The van der Waals surface area contributed by atoms with Gasteiger partial charge in [0.05, 0.1) is 11.1 Å². The average Bonchev–Trinajstić information content (AvgIpc) is 2.78. The molecule has 1 aromatic carbocycles. The van der Waals surface area contributed by atoms with Crippen LogP contribution in [0.25, 0.3) is 0 Å². The highest BCUT2D eigenvalue weighted by Gasteiger charge is 2.15. The maximum absolute atomic E-state index is 12.2. The van der Waals surface area contributed by atoms with E-state index in [-0.39, 0.29) is 4.90 Å². The van der Waals surface area contributed by atoms with E-state index in [1.807, 2.05) is 32.0 Å². The number of nitrogens with zero attached hydrogens (tertiary/aromatic N) is 1. The van der Waals surface area contributed by atoms with Crippen molar-refractivity contribution >= 4 is 27.6 Å². The molecule has 1 heterocycles. The second-order valence-electron chi connectivity index (χ2n) is 4.57. The van der Waals surface area contributed by atoms with Crippen LogP contribution >= 0.6 is 11.3 Å². The molecule has 0 aliphatic heterocycles. The molecule has 20 heavy (non-hydrogen) atoms. The molecule has 0 aliphatic carbocycles. The Morgan fingerprint density at radius 1 is 1.15 bits per heavy atom. The van der Waals surface area contributed by atoms with Crippen molar-refractivity contribution in [2.75, 3.05) is 0 Å². The van der Waals surface area contributed by atoms with E-state index < -0.39 is 10.0 Å². The summed E-state index contributed by atoms with van der Waals surface area (Å²) in [6, 6.07) is 9.17. The SMILES string of the molecule is Cc1ccc(C)c(S(=O)(=O)N/N=C\c2ccc(C)s2)c1. The average molecular weight is 308 g/mol. The topological polar surface area (TPSA) is 58.5 Å². The van der Waals surface area contributed by atoms with Crippen molar-refractivity contribution in [2.45, 2.75) is 25.7 Å². The monoisotopic (exact) mass is 308 g/mol. The lowest BCUT2D eigenvalue weighted by Crippen LogP contribution is -2.19. The molecule has 2 aromatic rings. The highest BCUT2D eigenvalue weighted by atomic mass is 32.2. The molecule has 0 atom stereocenters. The van der Waals surface area contributed by atoms with Crippen LogP contribution in [-0.4, -0.2) is 14.6 Å². The predicted molar refractivity (Wildman–Crippen MR) is 82.9 cm³/mol. The van der Waals surface area contributed by atoms with Gasteiger partial charge in [0.15, 0.2) is 0 Å². The fourth-order valence-corrected chi connectivity index (χ4v) is 3.60. The van der Waals surface area contributed by atoms with Gasteiger partial charge >= 0.3 is 0 Å². The molecular weight excluding hydrogens is 292 g/mol. The van der Waals surface area contributed by atoms with Crippen molar-refractivity contribution < 1.29 is 8.42 Å². The van der Waals surface area contributed by atoms with Gasteiger partial charge in [0.1, 0.15) is 0 Å². The Labute approximate surface area is 123 Å². The number of aryl methyl sites for hydroxylation is 3. The van der Waals surface area contributed by atoms with E-state index in [9.17, 15) is 8.42 Å². The fourth-order valence-electron chi connectivity index (χ4n) is 1.73. The molecule has 0 aliphatic rings. The van der Waals surface area contributed by atoms with Gasteiger partial charge in [-0.2, -0.15) is 13.5 Å². The van der Waals surface area contributed by atoms with Gasteiger partial charge in [-0.3, -0.25) is 0 Å². The molecule has 0 saturated carbocycles. The number of hydrogen-bond donors (Lipinski definition) is 1. The van der Waals surface area contributed by atoms with Gasteiger partial charge in [-0.05, 0) is 50.1 Å². The second kappa shape index (κ2) is 5.76. The minimum atomic E-state index is -3.62. The minimum Gasteiger partial charge on any atom is -0.200 e. The lowest BCUT2D eigenvalue weighted by molar-refractivity contribution is 0.584. The van der Waals surface area contributed by atoms with E-state index in [1.54, 1.807) is 30.4 Å². The summed E-state index contributed by atoms with van der Waals surface area (Å²) in [6.07, 6.45) is 1.51. The summed E-state index contributed by atoms with van der Waals surface area (Å²) in [5.74, 6) is 0. The normalized spacial score (nSPS) is 11.9. The smallest absolute Gasteiger partial charge is 0.200 e. The maximum Gasteiger partial charge on any atom is 0.276 e. The molecule has 6 heteroatoms. The van der Waals surface area contributed by atoms with Crippen LogP contribution in [0.2, 0.25) is 0 Å². The lowest BCUT2D eigenvalue weighted by atomic mass is 10.2. The largest absolute Gasteiger partial charge is 0.276 e. The number of sulfonamides is 1. The number of thiophene rings is 1. The third kappa shape index (κ3) is 3.46. The van der Waals surface area contributed by atoms with Gasteiger partial charge in [-0.15, -0.1) is 11.3 Å². The summed E-state index contributed by atoms with van der Waals surface area (Å²) in [7, 11) is -3.62. The maximum atomic E-state index is 12.2. The van der Waals surface area contributed by atoms with Crippen LogP contribution < -0.4 is 4.83 Å². The molecule has 2 rings (SSSR count). The van der Waals surface area contributed by atoms with E-state index in [1.165, 1.54) is 6.21 Å². The van der Waals surface area contributed by atoms with E-state index in [4.69, 9.17) is 0 Å². The molecule has 0 unspecified atom stereocenters. The first-order chi connectivity index (χ1) is 9.38. The summed E-state index contributed by atoms with van der Waals surface area (Å²) < 4.78 is 24.4. The van der Waals surface area contributed by atoms with E-state index in [0.29, 0.717) is 5.56 Å². The number of nitrogens with one attached hydrogen (secondary N) is 1. The summed E-state index contributed by atoms with van der Waals surface area (Å²) in [5, 5.41) is 3.82. The molecule has 1 aromatic heterocycles. The van der Waals surface area contributed by atoms with E-state index >= 15 is 0 Å². The summed E-state index contributed by atoms with van der Waals surface area (Å²) >= 11 is 1.56. The van der Waals surface area contributed by atoms with Crippen LogP contribution in [0.15, 0.2) is 40.3 Å². The number of rotatable bonds is 4. The third-order valence-corrected chi connectivity index (χ3v) is 5.06. The molecule has 0 spiro atoms. The quantitative estimate of drug-likeness (QED) is 0.697. The zero-order chi connectivity index (χ0) is 14.8. The summed E-state index contributed by atoms with van der Waals surface area (Å²) in [6.45, 7) is 5.61. The second-order valence-corrected chi connectivity index (χ2v) is 7.52. The summed E-state index contributed by atoms with van der Waals surface area (Å²) in [5.41, 5.74) is 1.60. The first kappa shape index (κ1) is 14.7. The van der Waals surface area contributed by atoms with Crippen molar-refractivity contribution in [3.63, 3.8) is 0 Å². The highest BCUT2D eigenvalue weighted by Crippen LogP contribution is 2.16. The van der Waals surface area contributed by atoms with Crippen LogP contribution in [-0.2, 0) is 10.0 Å². The van der Waals surface area contributed by atoms with Crippen LogP contribution in [0.4, 0.5) is 0 Å². The van der Waals surface area contributed by atoms with E-state index in [2.05, 4.69) is 9.93 Å². The zero-order valence-corrected chi connectivity index (χ0v) is 13.2. The molecule has 1 N–H and O–H groups in total. The Bertz CT molecular complexity index is 746. The Morgan fingerprint density at radius 2 is 1.90 bits per heavy atom.